The van der Waals surface area contributed by atoms with Crippen LogP contribution in [0.25, 0.3) is 6.08 Å². The van der Waals surface area contributed by atoms with Gasteiger partial charge in [0.05, 0.1) is 30.8 Å². The number of carbonyl (C=O) groups excluding carboxylic acids is 1. The van der Waals surface area contributed by atoms with Crippen LogP contribution in [-0.4, -0.2) is 44.0 Å². The maximum atomic E-state index is 11.8. The molecule has 0 saturated heterocycles. The fourth-order valence-corrected chi connectivity index (χ4v) is 1.70. The molecule has 8 heteroatoms. The number of nitro benzene ring substituents is 1. The average Bonchev–Trinajstić information content (AvgIpc) is 2.50. The van der Waals surface area contributed by atoms with Gasteiger partial charge < -0.3 is 14.4 Å². The predicted octanol–water partition coefficient (Wildman–Crippen LogP) is 1.61. The highest BCUT2D eigenvalue weighted by molar-refractivity contribution is 6.02. The summed E-state index contributed by atoms with van der Waals surface area (Å²) in [5.41, 5.74) is -0.438. The lowest BCUT2D eigenvalue weighted by Crippen LogP contribution is -2.22. The van der Waals surface area contributed by atoms with E-state index >= 15 is 0 Å². The van der Waals surface area contributed by atoms with Crippen molar-refractivity contribution in [1.82, 2.24) is 4.90 Å². The molecule has 0 atom stereocenters. The first kappa shape index (κ1) is 17.0. The number of methoxy groups -OCH3 is 2. The summed E-state index contributed by atoms with van der Waals surface area (Å²) in [6.45, 7) is 0. The van der Waals surface area contributed by atoms with Crippen LogP contribution in [0.5, 0.6) is 11.5 Å². The Morgan fingerprint density at radius 2 is 1.86 bits per heavy atom. The average molecular weight is 305 g/mol. The van der Waals surface area contributed by atoms with Gasteiger partial charge in [0, 0.05) is 14.1 Å². The van der Waals surface area contributed by atoms with Crippen LogP contribution < -0.4 is 9.47 Å². The van der Waals surface area contributed by atoms with Crippen molar-refractivity contribution in [3.63, 3.8) is 0 Å². The van der Waals surface area contributed by atoms with E-state index in [1.807, 2.05) is 0 Å². The number of amides is 1. The molecule has 1 rings (SSSR count). The Labute approximate surface area is 127 Å². The molecule has 0 fully saturated rings. The monoisotopic (exact) mass is 305 g/mol. The number of nitro groups is 1. The van der Waals surface area contributed by atoms with E-state index in [1.54, 1.807) is 6.07 Å². The topological polar surface area (TPSA) is 106 Å². The molecule has 0 saturated carbocycles. The van der Waals surface area contributed by atoms with Crippen molar-refractivity contribution < 1.29 is 19.2 Å². The summed E-state index contributed by atoms with van der Waals surface area (Å²) in [5.74, 6) is -0.107. The van der Waals surface area contributed by atoms with Gasteiger partial charge in [-0.3, -0.25) is 14.9 Å². The highest BCUT2D eigenvalue weighted by Gasteiger charge is 2.20. The maximum absolute atomic E-state index is 11.8. The van der Waals surface area contributed by atoms with Crippen molar-refractivity contribution >= 4 is 17.7 Å². The van der Waals surface area contributed by atoms with Crippen molar-refractivity contribution in [2.24, 2.45) is 0 Å². The van der Waals surface area contributed by atoms with E-state index in [-0.39, 0.29) is 28.3 Å². The minimum atomic E-state index is -0.622. The van der Waals surface area contributed by atoms with Crippen LogP contribution in [0.3, 0.4) is 0 Å². The summed E-state index contributed by atoms with van der Waals surface area (Å²) in [6.07, 6.45) is 1.16. The number of rotatable bonds is 5. The molecule has 0 bridgehead atoms. The number of hydrogen-bond acceptors (Lipinski definition) is 6. The summed E-state index contributed by atoms with van der Waals surface area (Å²) in [6, 6.07) is 4.26. The van der Waals surface area contributed by atoms with E-state index in [9.17, 15) is 14.9 Å². The van der Waals surface area contributed by atoms with Gasteiger partial charge in [0.1, 0.15) is 11.6 Å². The molecule has 8 nitrogen and oxygen atoms in total. The number of carbonyl (C=O) groups is 1. The largest absolute Gasteiger partial charge is 0.493 e. The number of nitriles is 1. The second-order valence-corrected chi connectivity index (χ2v) is 4.39. The fourth-order valence-electron chi connectivity index (χ4n) is 1.70. The minimum absolute atomic E-state index is 0.0781. The highest BCUT2D eigenvalue weighted by atomic mass is 16.6. The molecule has 0 aliphatic carbocycles. The second-order valence-electron chi connectivity index (χ2n) is 4.39. The van der Waals surface area contributed by atoms with Crippen LogP contribution in [0.2, 0.25) is 0 Å². The van der Waals surface area contributed by atoms with E-state index in [1.165, 1.54) is 45.3 Å². The molecule has 0 aliphatic heterocycles. The molecule has 1 amide bonds. The molecule has 22 heavy (non-hydrogen) atoms. The van der Waals surface area contributed by atoms with Gasteiger partial charge in [-0.25, -0.2) is 0 Å². The van der Waals surface area contributed by atoms with E-state index in [0.717, 1.165) is 6.08 Å². The number of nitrogens with zero attached hydrogens (tertiary/aromatic N) is 3. The third kappa shape index (κ3) is 3.52. The van der Waals surface area contributed by atoms with Crippen molar-refractivity contribution in [1.29, 1.82) is 5.26 Å². The van der Waals surface area contributed by atoms with Gasteiger partial charge in [-0.05, 0) is 12.1 Å². The SMILES string of the molecule is COc1cc(/C=C(/C#N)C(=O)N(C)C)c([N+](=O)[O-])cc1OC. The Bertz CT molecular complexity index is 674. The summed E-state index contributed by atoms with van der Waals surface area (Å²) in [7, 11) is 5.70. The molecule has 116 valence electrons. The van der Waals surface area contributed by atoms with Crippen LogP contribution in [-0.2, 0) is 4.79 Å². The highest BCUT2D eigenvalue weighted by Crippen LogP contribution is 2.35. The zero-order chi connectivity index (χ0) is 16.9. The van der Waals surface area contributed by atoms with E-state index in [0.29, 0.717) is 0 Å². The molecule has 0 N–H and O–H groups in total. The van der Waals surface area contributed by atoms with E-state index in [2.05, 4.69) is 0 Å². The molecule has 0 heterocycles. The van der Waals surface area contributed by atoms with Crippen LogP contribution in [0.4, 0.5) is 5.69 Å². The van der Waals surface area contributed by atoms with Gasteiger partial charge in [0.2, 0.25) is 0 Å². The summed E-state index contributed by atoms with van der Waals surface area (Å²) in [5, 5.41) is 20.2. The van der Waals surface area contributed by atoms with E-state index in [4.69, 9.17) is 14.7 Å². The van der Waals surface area contributed by atoms with Crippen LogP contribution in [0.1, 0.15) is 5.56 Å². The molecule has 1 aromatic rings. The summed E-state index contributed by atoms with van der Waals surface area (Å²) >= 11 is 0. The lowest BCUT2D eigenvalue weighted by Gasteiger charge is -2.10. The van der Waals surface area contributed by atoms with Gasteiger partial charge >= 0.3 is 0 Å². The molecule has 0 aliphatic rings. The second kappa shape index (κ2) is 7.08. The summed E-state index contributed by atoms with van der Waals surface area (Å²) < 4.78 is 10.1. The fraction of sp³-hybridized carbons (Fsp3) is 0.286. The lowest BCUT2D eigenvalue weighted by molar-refractivity contribution is -0.385. The number of ether oxygens (including phenoxy) is 2. The molecule has 1 aromatic carbocycles. The van der Waals surface area contributed by atoms with Crippen molar-refractivity contribution in [2.45, 2.75) is 0 Å². The van der Waals surface area contributed by atoms with Crippen molar-refractivity contribution in [3.05, 3.63) is 33.4 Å². The van der Waals surface area contributed by atoms with Gasteiger partial charge in [0.15, 0.2) is 11.5 Å². The predicted molar refractivity (Wildman–Crippen MR) is 78.5 cm³/mol. The van der Waals surface area contributed by atoms with Crippen LogP contribution >= 0.6 is 0 Å². The Hall–Kier alpha value is -3.08. The molecule has 0 radical (unpaired) electrons. The first-order chi connectivity index (χ1) is 10.3. The zero-order valence-electron chi connectivity index (χ0n) is 12.6. The van der Waals surface area contributed by atoms with E-state index < -0.39 is 10.8 Å². The van der Waals surface area contributed by atoms with Crippen molar-refractivity contribution in [2.75, 3.05) is 28.3 Å². The quantitative estimate of drug-likeness (QED) is 0.354. The number of hydrogen-bond donors (Lipinski definition) is 0. The smallest absolute Gasteiger partial charge is 0.280 e. The van der Waals surface area contributed by atoms with Crippen LogP contribution in [0.15, 0.2) is 17.7 Å². The standard InChI is InChI=1S/C14H15N3O5/c1-16(2)14(18)10(8-15)5-9-6-12(21-3)13(22-4)7-11(9)17(19)20/h5-7H,1-4H3/b10-5-. The van der Waals surface area contributed by atoms with Crippen molar-refractivity contribution in [3.8, 4) is 17.6 Å². The van der Waals surface area contributed by atoms with Gasteiger partial charge in [-0.2, -0.15) is 5.26 Å². The minimum Gasteiger partial charge on any atom is -0.493 e. The lowest BCUT2D eigenvalue weighted by atomic mass is 10.1. The first-order valence-electron chi connectivity index (χ1n) is 6.09. The maximum Gasteiger partial charge on any atom is 0.280 e. The molecular weight excluding hydrogens is 290 g/mol. The molecular formula is C14H15N3O5. The van der Waals surface area contributed by atoms with Gasteiger partial charge in [-0.1, -0.05) is 0 Å². The van der Waals surface area contributed by atoms with Gasteiger partial charge in [-0.15, -0.1) is 0 Å². The third-order valence-electron chi connectivity index (χ3n) is 2.79. The summed E-state index contributed by atoms with van der Waals surface area (Å²) in [4.78, 5) is 23.6. The molecule has 0 unspecified atom stereocenters. The van der Waals surface area contributed by atoms with Crippen LogP contribution in [0, 0.1) is 21.4 Å². The molecule has 0 spiro atoms. The Kier molecular flexibility index (Phi) is 5.46. The molecule has 0 aromatic heterocycles. The Morgan fingerprint density at radius 1 is 1.32 bits per heavy atom. The normalized spacial score (nSPS) is 10.6. The zero-order valence-corrected chi connectivity index (χ0v) is 12.6. The third-order valence-corrected chi connectivity index (χ3v) is 2.79. The van der Waals surface area contributed by atoms with Gasteiger partial charge in [0.25, 0.3) is 11.6 Å². The number of benzene rings is 1. The number of likely N-dealkylation sites (N-methyl/N-ethyl adjacent to an activating group) is 1. The first-order valence-corrected chi connectivity index (χ1v) is 6.09. The Balaban J connectivity index is 3.54. The Morgan fingerprint density at radius 3 is 2.27 bits per heavy atom.